The van der Waals surface area contributed by atoms with E-state index in [4.69, 9.17) is 10.5 Å². The highest BCUT2D eigenvalue weighted by atomic mass is 16.5. The van der Waals surface area contributed by atoms with Crippen LogP contribution in [0.3, 0.4) is 0 Å². The highest BCUT2D eigenvalue weighted by Crippen LogP contribution is 2.09. The molecule has 4 nitrogen and oxygen atoms in total. The minimum Gasteiger partial charge on any atom is -0.385 e. The predicted octanol–water partition coefficient (Wildman–Crippen LogP) is 1.69. The van der Waals surface area contributed by atoms with E-state index in [2.05, 4.69) is 5.32 Å². The molecule has 0 aromatic heterocycles. The van der Waals surface area contributed by atoms with Crippen LogP contribution in [-0.4, -0.2) is 25.7 Å². The first-order chi connectivity index (χ1) is 8.13. The number of nitrogens with two attached hydrogens (primary N) is 1. The van der Waals surface area contributed by atoms with Crippen LogP contribution >= 0.6 is 0 Å². The fraction of sp³-hybridized carbons (Fsp3) is 0.462. The molecule has 0 aliphatic rings. The standard InChI is InChI=1S/C13H20N2O2/c1-10-5-7-11(8-6-10)15-13(16)12(14)4-3-9-17-2/h5-8,12H,3-4,9,14H2,1-2H3,(H,15,16). The molecule has 0 spiro atoms. The van der Waals surface area contributed by atoms with Gasteiger partial charge in [0.05, 0.1) is 6.04 Å². The van der Waals surface area contributed by atoms with Crippen molar-refractivity contribution in [3.8, 4) is 0 Å². The largest absolute Gasteiger partial charge is 0.385 e. The molecule has 0 saturated carbocycles. The van der Waals surface area contributed by atoms with E-state index in [1.165, 1.54) is 0 Å². The molecule has 1 atom stereocenters. The van der Waals surface area contributed by atoms with Crippen molar-refractivity contribution in [3.05, 3.63) is 29.8 Å². The molecule has 0 aliphatic heterocycles. The van der Waals surface area contributed by atoms with Gasteiger partial charge in [-0.2, -0.15) is 0 Å². The van der Waals surface area contributed by atoms with Crippen LogP contribution in [0.25, 0.3) is 0 Å². The number of carbonyl (C=O) groups excluding carboxylic acids is 1. The maximum Gasteiger partial charge on any atom is 0.241 e. The van der Waals surface area contributed by atoms with Crippen molar-refractivity contribution >= 4 is 11.6 Å². The summed E-state index contributed by atoms with van der Waals surface area (Å²) in [5, 5.41) is 2.79. The SMILES string of the molecule is COCCCC(N)C(=O)Nc1ccc(C)cc1. The molecule has 0 aliphatic carbocycles. The van der Waals surface area contributed by atoms with Crippen LogP contribution in [0.1, 0.15) is 18.4 Å². The second kappa shape index (κ2) is 7.04. The molecule has 0 heterocycles. The molecule has 1 unspecified atom stereocenters. The Kier molecular flexibility index (Phi) is 5.66. The monoisotopic (exact) mass is 236 g/mol. The van der Waals surface area contributed by atoms with Crippen LogP contribution in [0.4, 0.5) is 5.69 Å². The summed E-state index contributed by atoms with van der Waals surface area (Å²) in [6.45, 7) is 2.63. The average molecular weight is 236 g/mol. The molecular formula is C13H20N2O2. The molecule has 0 bridgehead atoms. The zero-order valence-corrected chi connectivity index (χ0v) is 10.4. The summed E-state index contributed by atoms with van der Waals surface area (Å²) in [4.78, 5) is 11.7. The molecule has 0 fully saturated rings. The van der Waals surface area contributed by atoms with Crippen LogP contribution in [0.15, 0.2) is 24.3 Å². The Morgan fingerprint density at radius 2 is 2.06 bits per heavy atom. The van der Waals surface area contributed by atoms with E-state index in [1.54, 1.807) is 7.11 Å². The summed E-state index contributed by atoms with van der Waals surface area (Å²) in [5.41, 5.74) is 7.71. The van der Waals surface area contributed by atoms with E-state index in [0.717, 1.165) is 17.7 Å². The summed E-state index contributed by atoms with van der Waals surface area (Å²) in [6, 6.07) is 7.16. The Labute approximate surface area is 102 Å². The van der Waals surface area contributed by atoms with Gasteiger partial charge in [0.2, 0.25) is 5.91 Å². The lowest BCUT2D eigenvalue weighted by Gasteiger charge is -2.12. The molecule has 1 amide bonds. The molecule has 1 rings (SSSR count). The maximum atomic E-state index is 11.7. The number of hydrogen-bond donors (Lipinski definition) is 2. The van der Waals surface area contributed by atoms with E-state index in [1.807, 2.05) is 31.2 Å². The van der Waals surface area contributed by atoms with E-state index < -0.39 is 6.04 Å². The third-order valence-electron chi connectivity index (χ3n) is 2.52. The number of methoxy groups -OCH3 is 1. The molecule has 0 saturated heterocycles. The molecule has 4 heteroatoms. The first-order valence-corrected chi connectivity index (χ1v) is 5.75. The fourth-order valence-corrected chi connectivity index (χ4v) is 1.45. The van der Waals surface area contributed by atoms with E-state index >= 15 is 0 Å². The lowest BCUT2D eigenvalue weighted by atomic mass is 10.1. The minimum absolute atomic E-state index is 0.148. The number of hydrogen-bond acceptors (Lipinski definition) is 3. The Morgan fingerprint density at radius 3 is 2.65 bits per heavy atom. The van der Waals surface area contributed by atoms with Gasteiger partial charge in [-0.1, -0.05) is 17.7 Å². The number of ether oxygens (including phenoxy) is 1. The Balaban J connectivity index is 2.40. The number of anilines is 1. The lowest BCUT2D eigenvalue weighted by Crippen LogP contribution is -2.35. The Hall–Kier alpha value is -1.39. The second-order valence-corrected chi connectivity index (χ2v) is 4.10. The molecule has 1 aromatic rings. The van der Waals surface area contributed by atoms with E-state index in [0.29, 0.717) is 13.0 Å². The van der Waals surface area contributed by atoms with Gasteiger partial charge in [-0.25, -0.2) is 0 Å². The summed E-state index contributed by atoms with van der Waals surface area (Å²) >= 11 is 0. The smallest absolute Gasteiger partial charge is 0.241 e. The zero-order valence-electron chi connectivity index (χ0n) is 10.4. The second-order valence-electron chi connectivity index (χ2n) is 4.10. The quantitative estimate of drug-likeness (QED) is 0.739. The van der Waals surface area contributed by atoms with Gasteiger partial charge >= 0.3 is 0 Å². The van der Waals surface area contributed by atoms with Crippen LogP contribution in [0, 0.1) is 6.92 Å². The van der Waals surface area contributed by atoms with Crippen LogP contribution in [-0.2, 0) is 9.53 Å². The van der Waals surface area contributed by atoms with Gasteiger partial charge in [-0.05, 0) is 31.9 Å². The topological polar surface area (TPSA) is 64.3 Å². The number of rotatable bonds is 6. The molecule has 1 aromatic carbocycles. The lowest BCUT2D eigenvalue weighted by molar-refractivity contribution is -0.117. The van der Waals surface area contributed by atoms with Crippen molar-refractivity contribution in [2.45, 2.75) is 25.8 Å². The first-order valence-electron chi connectivity index (χ1n) is 5.75. The predicted molar refractivity (Wildman–Crippen MR) is 68.9 cm³/mol. The van der Waals surface area contributed by atoms with Crippen LogP contribution in [0.5, 0.6) is 0 Å². The third kappa shape index (κ3) is 4.97. The molecule has 3 N–H and O–H groups in total. The summed E-state index contributed by atoms with van der Waals surface area (Å²) in [7, 11) is 1.64. The average Bonchev–Trinajstić information content (AvgIpc) is 2.32. The Morgan fingerprint density at radius 1 is 1.41 bits per heavy atom. The van der Waals surface area contributed by atoms with E-state index in [-0.39, 0.29) is 5.91 Å². The van der Waals surface area contributed by atoms with Crippen molar-refractivity contribution < 1.29 is 9.53 Å². The first kappa shape index (κ1) is 13.7. The molecular weight excluding hydrogens is 216 g/mol. The Bertz CT molecular complexity index is 349. The maximum absolute atomic E-state index is 11.7. The number of benzene rings is 1. The molecule has 17 heavy (non-hydrogen) atoms. The summed E-state index contributed by atoms with van der Waals surface area (Å²) in [6.07, 6.45) is 1.42. The van der Waals surface area contributed by atoms with Gasteiger partial charge in [-0.15, -0.1) is 0 Å². The van der Waals surface area contributed by atoms with Crippen LogP contribution < -0.4 is 11.1 Å². The van der Waals surface area contributed by atoms with E-state index in [9.17, 15) is 4.79 Å². The summed E-state index contributed by atoms with van der Waals surface area (Å²) < 4.78 is 4.92. The summed E-state index contributed by atoms with van der Waals surface area (Å²) in [5.74, 6) is -0.148. The van der Waals surface area contributed by atoms with Crippen LogP contribution in [0.2, 0.25) is 0 Å². The number of carbonyl (C=O) groups is 1. The normalized spacial score (nSPS) is 12.2. The third-order valence-corrected chi connectivity index (χ3v) is 2.52. The highest BCUT2D eigenvalue weighted by Gasteiger charge is 2.12. The van der Waals surface area contributed by atoms with Gasteiger partial charge < -0.3 is 15.8 Å². The fourth-order valence-electron chi connectivity index (χ4n) is 1.45. The van der Waals surface area contributed by atoms with Gasteiger partial charge in [0.15, 0.2) is 0 Å². The van der Waals surface area contributed by atoms with Crippen molar-refractivity contribution in [3.63, 3.8) is 0 Å². The van der Waals surface area contributed by atoms with Gasteiger partial charge in [0.25, 0.3) is 0 Å². The number of amides is 1. The highest BCUT2D eigenvalue weighted by molar-refractivity contribution is 5.94. The van der Waals surface area contributed by atoms with Gasteiger partial charge in [0, 0.05) is 19.4 Å². The minimum atomic E-state index is -0.480. The van der Waals surface area contributed by atoms with Crippen molar-refractivity contribution in [1.29, 1.82) is 0 Å². The van der Waals surface area contributed by atoms with Crippen molar-refractivity contribution in [2.75, 3.05) is 19.0 Å². The molecule has 94 valence electrons. The van der Waals surface area contributed by atoms with Gasteiger partial charge in [-0.3, -0.25) is 4.79 Å². The molecule has 0 radical (unpaired) electrons. The number of nitrogens with one attached hydrogen (secondary N) is 1. The van der Waals surface area contributed by atoms with Gasteiger partial charge in [0.1, 0.15) is 0 Å². The van der Waals surface area contributed by atoms with Crippen molar-refractivity contribution in [2.24, 2.45) is 5.73 Å². The van der Waals surface area contributed by atoms with Crippen molar-refractivity contribution in [1.82, 2.24) is 0 Å². The number of aryl methyl sites for hydroxylation is 1. The zero-order chi connectivity index (χ0) is 12.7.